The molecule has 2 aliphatic rings. The Hall–Kier alpha value is -0.380. The number of nitrogens with one attached hydrogen (secondary N) is 1. The van der Waals surface area contributed by atoms with Gasteiger partial charge in [-0.05, 0) is 70.2 Å². The molecule has 0 amide bonds. The first kappa shape index (κ1) is 13.6. The van der Waals surface area contributed by atoms with Gasteiger partial charge in [-0.15, -0.1) is 11.3 Å². The topological polar surface area (TPSA) is 15.3 Å². The lowest BCUT2D eigenvalue weighted by Crippen LogP contribution is -2.51. The Morgan fingerprint density at radius 3 is 2.84 bits per heavy atom. The molecule has 1 aromatic rings. The van der Waals surface area contributed by atoms with Crippen LogP contribution in [0.4, 0.5) is 0 Å². The standard InChI is InChI=1S/C16H26N2S/c1-13-5-6-15(19-13)14(2)18-10-4-8-16(12-18)7-3-9-17-11-16/h5-6,14,17H,3-4,7-12H2,1-2H3. The summed E-state index contributed by atoms with van der Waals surface area (Å²) in [5.74, 6) is 0. The summed E-state index contributed by atoms with van der Waals surface area (Å²) in [4.78, 5) is 5.70. The molecule has 0 saturated carbocycles. The van der Waals surface area contributed by atoms with Crippen LogP contribution in [0, 0.1) is 12.3 Å². The van der Waals surface area contributed by atoms with E-state index in [2.05, 4.69) is 36.2 Å². The van der Waals surface area contributed by atoms with Crippen molar-refractivity contribution in [2.45, 2.75) is 45.6 Å². The van der Waals surface area contributed by atoms with Gasteiger partial charge in [-0.1, -0.05) is 0 Å². The lowest BCUT2D eigenvalue weighted by Gasteiger charge is -2.47. The molecular weight excluding hydrogens is 252 g/mol. The lowest BCUT2D eigenvalue weighted by molar-refractivity contribution is 0.0424. The molecule has 1 N–H and O–H groups in total. The number of piperidine rings is 2. The third-order valence-corrected chi connectivity index (χ3v) is 6.14. The smallest absolute Gasteiger partial charge is 0.0413 e. The quantitative estimate of drug-likeness (QED) is 0.889. The highest BCUT2D eigenvalue weighted by Crippen LogP contribution is 2.39. The van der Waals surface area contributed by atoms with Crippen LogP contribution in [0.5, 0.6) is 0 Å². The van der Waals surface area contributed by atoms with Gasteiger partial charge in [0.2, 0.25) is 0 Å². The van der Waals surface area contributed by atoms with E-state index in [9.17, 15) is 0 Å². The Kier molecular flexibility index (Phi) is 3.97. The van der Waals surface area contributed by atoms with Crippen molar-refractivity contribution in [1.82, 2.24) is 10.2 Å². The number of hydrogen-bond donors (Lipinski definition) is 1. The van der Waals surface area contributed by atoms with Crippen LogP contribution in [0.2, 0.25) is 0 Å². The van der Waals surface area contributed by atoms with Gasteiger partial charge in [0.05, 0.1) is 0 Å². The number of hydrogen-bond acceptors (Lipinski definition) is 3. The average molecular weight is 278 g/mol. The zero-order valence-corrected chi connectivity index (χ0v) is 13.1. The molecule has 0 aromatic carbocycles. The van der Waals surface area contributed by atoms with E-state index in [1.54, 1.807) is 4.88 Å². The normalized spacial score (nSPS) is 30.6. The second kappa shape index (κ2) is 5.55. The van der Waals surface area contributed by atoms with Gasteiger partial charge < -0.3 is 5.32 Å². The van der Waals surface area contributed by atoms with Gasteiger partial charge in [-0.2, -0.15) is 0 Å². The third-order valence-electron chi connectivity index (χ3n) is 4.97. The van der Waals surface area contributed by atoms with Crippen molar-refractivity contribution < 1.29 is 0 Å². The average Bonchev–Trinajstić information content (AvgIpc) is 2.85. The van der Waals surface area contributed by atoms with E-state index in [1.807, 2.05) is 11.3 Å². The molecule has 3 rings (SSSR count). The van der Waals surface area contributed by atoms with Crippen molar-refractivity contribution in [2.24, 2.45) is 5.41 Å². The number of aryl methyl sites for hydroxylation is 1. The molecule has 2 unspecified atom stereocenters. The molecule has 106 valence electrons. The van der Waals surface area contributed by atoms with Crippen LogP contribution >= 0.6 is 11.3 Å². The Morgan fingerprint density at radius 1 is 1.32 bits per heavy atom. The molecule has 0 radical (unpaired) electrons. The van der Waals surface area contributed by atoms with Crippen LogP contribution in [0.15, 0.2) is 12.1 Å². The summed E-state index contributed by atoms with van der Waals surface area (Å²) in [7, 11) is 0. The first-order valence-corrected chi connectivity index (χ1v) is 8.51. The van der Waals surface area contributed by atoms with E-state index in [-0.39, 0.29) is 0 Å². The van der Waals surface area contributed by atoms with E-state index in [1.165, 1.54) is 56.7 Å². The summed E-state index contributed by atoms with van der Waals surface area (Å²) < 4.78 is 0. The molecule has 2 saturated heterocycles. The first-order valence-electron chi connectivity index (χ1n) is 7.70. The van der Waals surface area contributed by atoms with Crippen molar-refractivity contribution in [2.75, 3.05) is 26.2 Å². The van der Waals surface area contributed by atoms with E-state index in [0.29, 0.717) is 11.5 Å². The van der Waals surface area contributed by atoms with E-state index in [4.69, 9.17) is 0 Å². The highest BCUT2D eigenvalue weighted by Gasteiger charge is 2.38. The van der Waals surface area contributed by atoms with Crippen molar-refractivity contribution in [3.8, 4) is 0 Å². The number of likely N-dealkylation sites (tertiary alicyclic amines) is 1. The Bertz CT molecular complexity index is 415. The van der Waals surface area contributed by atoms with Crippen LogP contribution in [-0.4, -0.2) is 31.1 Å². The fourth-order valence-electron chi connectivity index (χ4n) is 3.81. The zero-order valence-electron chi connectivity index (χ0n) is 12.2. The maximum atomic E-state index is 3.62. The SMILES string of the molecule is Cc1ccc(C(C)N2CCCC3(CCCNC3)C2)s1. The molecule has 3 heteroatoms. The minimum absolute atomic E-state index is 0.567. The largest absolute Gasteiger partial charge is 0.316 e. The molecule has 2 nitrogen and oxygen atoms in total. The maximum absolute atomic E-state index is 3.62. The van der Waals surface area contributed by atoms with E-state index in [0.717, 1.165) is 0 Å². The van der Waals surface area contributed by atoms with Crippen LogP contribution in [0.1, 0.15) is 48.4 Å². The fraction of sp³-hybridized carbons (Fsp3) is 0.750. The monoisotopic (exact) mass is 278 g/mol. The highest BCUT2D eigenvalue weighted by atomic mass is 32.1. The molecule has 0 bridgehead atoms. The van der Waals surface area contributed by atoms with Gasteiger partial charge in [0.15, 0.2) is 0 Å². The summed E-state index contributed by atoms with van der Waals surface area (Å²) in [5.41, 5.74) is 0.567. The Labute approximate surface area is 121 Å². The van der Waals surface area contributed by atoms with Crippen molar-refractivity contribution >= 4 is 11.3 Å². The third kappa shape index (κ3) is 2.88. The fourth-order valence-corrected chi connectivity index (χ4v) is 4.78. The van der Waals surface area contributed by atoms with Gasteiger partial charge in [-0.25, -0.2) is 0 Å². The summed E-state index contributed by atoms with van der Waals surface area (Å²) in [5, 5.41) is 3.62. The highest BCUT2D eigenvalue weighted by molar-refractivity contribution is 7.12. The minimum Gasteiger partial charge on any atom is -0.316 e. The predicted octanol–water partition coefficient (Wildman–Crippen LogP) is 3.58. The molecular formula is C16H26N2S. The van der Waals surface area contributed by atoms with Crippen molar-refractivity contribution in [3.63, 3.8) is 0 Å². The van der Waals surface area contributed by atoms with Gasteiger partial charge in [-0.3, -0.25) is 4.90 Å². The van der Waals surface area contributed by atoms with Crippen molar-refractivity contribution in [1.29, 1.82) is 0 Å². The Balaban J connectivity index is 1.70. The van der Waals surface area contributed by atoms with Gasteiger partial charge in [0.25, 0.3) is 0 Å². The predicted molar refractivity (Wildman–Crippen MR) is 82.8 cm³/mol. The van der Waals surface area contributed by atoms with E-state index < -0.39 is 0 Å². The molecule has 2 fully saturated rings. The van der Waals surface area contributed by atoms with Gasteiger partial charge >= 0.3 is 0 Å². The van der Waals surface area contributed by atoms with Crippen molar-refractivity contribution in [3.05, 3.63) is 21.9 Å². The summed E-state index contributed by atoms with van der Waals surface area (Å²) in [6.45, 7) is 9.63. The van der Waals surface area contributed by atoms with Crippen LogP contribution in [0.25, 0.3) is 0 Å². The molecule has 2 atom stereocenters. The van der Waals surface area contributed by atoms with E-state index >= 15 is 0 Å². The summed E-state index contributed by atoms with van der Waals surface area (Å²) >= 11 is 1.97. The molecule has 19 heavy (non-hydrogen) atoms. The number of nitrogens with zero attached hydrogens (tertiary/aromatic N) is 1. The maximum Gasteiger partial charge on any atom is 0.0413 e. The Morgan fingerprint density at radius 2 is 2.16 bits per heavy atom. The molecule has 0 aliphatic carbocycles. The second-order valence-electron chi connectivity index (χ2n) is 6.48. The van der Waals surface area contributed by atoms with Gasteiger partial charge in [0.1, 0.15) is 0 Å². The minimum atomic E-state index is 0.567. The number of thiophene rings is 1. The van der Waals surface area contributed by atoms with Crippen LogP contribution in [0.3, 0.4) is 0 Å². The molecule has 2 aliphatic heterocycles. The molecule has 1 aromatic heterocycles. The summed E-state index contributed by atoms with van der Waals surface area (Å²) in [6.07, 6.45) is 5.58. The van der Waals surface area contributed by atoms with Crippen LogP contribution < -0.4 is 5.32 Å². The zero-order chi connectivity index (χ0) is 13.3. The van der Waals surface area contributed by atoms with Gasteiger partial charge in [0, 0.05) is 28.9 Å². The first-order chi connectivity index (χ1) is 9.19. The lowest BCUT2D eigenvalue weighted by atomic mass is 9.74. The summed E-state index contributed by atoms with van der Waals surface area (Å²) in [6, 6.07) is 5.18. The second-order valence-corrected chi connectivity index (χ2v) is 7.80. The molecule has 3 heterocycles. The number of rotatable bonds is 2. The molecule has 1 spiro atoms. The van der Waals surface area contributed by atoms with Crippen LogP contribution in [-0.2, 0) is 0 Å².